The zero-order valence-corrected chi connectivity index (χ0v) is 15.1. The minimum atomic E-state index is -3.43. The van der Waals surface area contributed by atoms with Gasteiger partial charge in [-0.2, -0.15) is 4.31 Å². The Morgan fingerprint density at radius 2 is 1.72 bits per heavy atom. The highest BCUT2D eigenvalue weighted by Gasteiger charge is 2.27. The Labute approximate surface area is 147 Å². The Hall–Kier alpha value is -2.25. The van der Waals surface area contributed by atoms with Crippen LogP contribution in [0, 0.1) is 13.8 Å². The maximum Gasteiger partial charge on any atom is 0.244 e. The normalized spacial score (nSPS) is 15.9. The van der Waals surface area contributed by atoms with Gasteiger partial charge in [-0.1, -0.05) is 0 Å². The number of hydrogen-bond acceptors (Lipinski definition) is 4. The molecule has 1 saturated heterocycles. The van der Waals surface area contributed by atoms with Gasteiger partial charge in [0, 0.05) is 19.3 Å². The number of aromatic nitrogens is 3. The van der Waals surface area contributed by atoms with Gasteiger partial charge in [0.05, 0.1) is 11.0 Å². The Bertz CT molecular complexity index is 1030. The highest BCUT2D eigenvalue weighted by atomic mass is 32.2. The fourth-order valence-electron chi connectivity index (χ4n) is 3.19. The number of sulfonamides is 1. The first-order valence-electron chi connectivity index (χ1n) is 8.38. The van der Waals surface area contributed by atoms with E-state index in [9.17, 15) is 8.42 Å². The maximum atomic E-state index is 12.6. The van der Waals surface area contributed by atoms with E-state index >= 15 is 0 Å². The average molecular weight is 356 g/mol. The van der Waals surface area contributed by atoms with Gasteiger partial charge in [0.2, 0.25) is 10.0 Å². The van der Waals surface area contributed by atoms with Crippen molar-refractivity contribution in [2.24, 2.45) is 0 Å². The molecule has 130 valence electrons. The second-order valence-corrected chi connectivity index (χ2v) is 8.44. The molecular weight excluding hydrogens is 336 g/mol. The molecule has 0 N–H and O–H groups in total. The minimum absolute atomic E-state index is 0.245. The van der Waals surface area contributed by atoms with Crippen molar-refractivity contribution in [3.05, 3.63) is 47.9 Å². The second-order valence-electron chi connectivity index (χ2n) is 6.50. The lowest BCUT2D eigenvalue weighted by molar-refractivity contribution is 0.477. The van der Waals surface area contributed by atoms with Gasteiger partial charge in [0.15, 0.2) is 0 Å². The average Bonchev–Trinajstić information content (AvgIpc) is 3.26. The van der Waals surface area contributed by atoms with Crippen LogP contribution in [0.4, 0.5) is 0 Å². The quantitative estimate of drug-likeness (QED) is 0.724. The SMILES string of the molecule is Cc1cc2ncn(-c3ccc(S(=O)(=O)N4CCCC4)cn3)c2cc1C. The third-order valence-electron chi connectivity index (χ3n) is 4.83. The first-order chi connectivity index (χ1) is 12.0. The smallest absolute Gasteiger partial charge is 0.244 e. The zero-order valence-electron chi connectivity index (χ0n) is 14.3. The molecule has 0 unspecified atom stereocenters. The molecule has 3 aromatic rings. The van der Waals surface area contributed by atoms with Gasteiger partial charge in [0.25, 0.3) is 0 Å². The Morgan fingerprint density at radius 1 is 1.00 bits per heavy atom. The van der Waals surface area contributed by atoms with E-state index in [1.165, 1.54) is 21.6 Å². The van der Waals surface area contributed by atoms with Crippen molar-refractivity contribution in [2.75, 3.05) is 13.1 Å². The zero-order chi connectivity index (χ0) is 17.6. The molecule has 1 aliphatic heterocycles. The van der Waals surface area contributed by atoms with Crippen LogP contribution in [0.1, 0.15) is 24.0 Å². The molecule has 0 aliphatic carbocycles. The van der Waals surface area contributed by atoms with Gasteiger partial charge in [-0.05, 0) is 62.1 Å². The number of imidazole rings is 1. The molecule has 0 saturated carbocycles. The number of aryl methyl sites for hydroxylation is 2. The van der Waals surface area contributed by atoms with Crippen LogP contribution in [0.2, 0.25) is 0 Å². The number of rotatable bonds is 3. The molecule has 0 bridgehead atoms. The summed E-state index contributed by atoms with van der Waals surface area (Å²) in [5, 5.41) is 0. The van der Waals surface area contributed by atoms with E-state index in [1.807, 2.05) is 10.6 Å². The third-order valence-corrected chi connectivity index (χ3v) is 6.72. The second kappa shape index (κ2) is 5.93. The Balaban J connectivity index is 1.72. The third kappa shape index (κ3) is 2.73. The van der Waals surface area contributed by atoms with Gasteiger partial charge in [-0.25, -0.2) is 18.4 Å². The molecule has 6 nitrogen and oxygen atoms in total. The summed E-state index contributed by atoms with van der Waals surface area (Å²) < 4.78 is 28.6. The van der Waals surface area contributed by atoms with E-state index < -0.39 is 10.0 Å². The lowest BCUT2D eigenvalue weighted by atomic mass is 10.1. The highest BCUT2D eigenvalue weighted by molar-refractivity contribution is 7.89. The van der Waals surface area contributed by atoms with Crippen LogP contribution >= 0.6 is 0 Å². The first-order valence-corrected chi connectivity index (χ1v) is 9.82. The molecule has 1 aliphatic rings. The predicted octanol–water partition coefficient (Wildman–Crippen LogP) is 2.82. The molecule has 0 spiro atoms. The van der Waals surface area contributed by atoms with Gasteiger partial charge in [-0.15, -0.1) is 0 Å². The van der Waals surface area contributed by atoms with Gasteiger partial charge in [0.1, 0.15) is 17.0 Å². The molecule has 1 aromatic carbocycles. The van der Waals surface area contributed by atoms with Gasteiger partial charge >= 0.3 is 0 Å². The van der Waals surface area contributed by atoms with Crippen molar-refractivity contribution < 1.29 is 8.42 Å². The summed E-state index contributed by atoms with van der Waals surface area (Å²) in [6, 6.07) is 7.49. The van der Waals surface area contributed by atoms with Gasteiger partial charge in [-0.3, -0.25) is 4.57 Å². The number of pyridine rings is 1. The molecule has 0 atom stereocenters. The Morgan fingerprint density at radius 3 is 2.40 bits per heavy atom. The summed E-state index contributed by atoms with van der Waals surface area (Å²) in [6.07, 6.45) is 5.01. The molecule has 25 heavy (non-hydrogen) atoms. The summed E-state index contributed by atoms with van der Waals surface area (Å²) >= 11 is 0. The predicted molar refractivity (Wildman–Crippen MR) is 96.3 cm³/mol. The standard InChI is InChI=1S/C18H20N4O2S/c1-13-9-16-17(10-14(13)2)22(12-20-16)18-6-5-15(11-19-18)25(23,24)21-7-3-4-8-21/h5-6,9-12H,3-4,7-8H2,1-2H3. The summed E-state index contributed by atoms with van der Waals surface area (Å²) in [4.78, 5) is 9.05. The summed E-state index contributed by atoms with van der Waals surface area (Å²) in [5.74, 6) is 0.658. The number of hydrogen-bond donors (Lipinski definition) is 0. The summed E-state index contributed by atoms with van der Waals surface area (Å²) in [7, 11) is -3.43. The lowest BCUT2D eigenvalue weighted by Gasteiger charge is -2.15. The van der Waals surface area contributed by atoms with Crippen LogP contribution in [0.25, 0.3) is 16.9 Å². The first kappa shape index (κ1) is 16.2. The van der Waals surface area contributed by atoms with Crippen molar-refractivity contribution in [1.82, 2.24) is 18.8 Å². The van der Waals surface area contributed by atoms with E-state index in [0.29, 0.717) is 18.9 Å². The van der Waals surface area contributed by atoms with Crippen LogP contribution in [0.15, 0.2) is 41.7 Å². The van der Waals surface area contributed by atoms with Crippen molar-refractivity contribution in [2.45, 2.75) is 31.6 Å². The van der Waals surface area contributed by atoms with Crippen molar-refractivity contribution >= 4 is 21.1 Å². The van der Waals surface area contributed by atoms with E-state index in [1.54, 1.807) is 18.5 Å². The molecule has 4 rings (SSSR count). The van der Waals surface area contributed by atoms with Crippen LogP contribution < -0.4 is 0 Å². The van der Waals surface area contributed by atoms with Crippen molar-refractivity contribution in [3.63, 3.8) is 0 Å². The lowest BCUT2D eigenvalue weighted by Crippen LogP contribution is -2.27. The van der Waals surface area contributed by atoms with Crippen molar-refractivity contribution in [3.8, 4) is 5.82 Å². The molecular formula is C18H20N4O2S. The maximum absolute atomic E-state index is 12.6. The molecule has 1 fully saturated rings. The molecule has 2 aromatic heterocycles. The van der Waals surface area contributed by atoms with Gasteiger partial charge < -0.3 is 0 Å². The number of nitrogens with zero attached hydrogens (tertiary/aromatic N) is 4. The molecule has 7 heteroatoms. The summed E-state index contributed by atoms with van der Waals surface area (Å²) in [5.41, 5.74) is 4.24. The fourth-order valence-corrected chi connectivity index (χ4v) is 4.65. The van der Waals surface area contributed by atoms with Crippen LogP contribution in [-0.2, 0) is 10.0 Å². The number of fused-ring (bicyclic) bond motifs is 1. The summed E-state index contributed by atoms with van der Waals surface area (Å²) in [6.45, 7) is 5.30. The molecule has 0 radical (unpaired) electrons. The highest BCUT2D eigenvalue weighted by Crippen LogP contribution is 2.23. The Kier molecular flexibility index (Phi) is 3.85. The van der Waals surface area contributed by atoms with E-state index in [-0.39, 0.29) is 4.90 Å². The van der Waals surface area contributed by atoms with E-state index in [4.69, 9.17) is 0 Å². The molecule has 3 heterocycles. The number of benzene rings is 1. The van der Waals surface area contributed by atoms with E-state index in [2.05, 4.69) is 29.9 Å². The topological polar surface area (TPSA) is 68.1 Å². The van der Waals surface area contributed by atoms with E-state index in [0.717, 1.165) is 23.9 Å². The minimum Gasteiger partial charge on any atom is -0.283 e. The van der Waals surface area contributed by atoms with Crippen LogP contribution in [0.3, 0.4) is 0 Å². The largest absolute Gasteiger partial charge is 0.283 e. The van der Waals surface area contributed by atoms with Crippen molar-refractivity contribution in [1.29, 1.82) is 0 Å². The van der Waals surface area contributed by atoms with Crippen LogP contribution in [-0.4, -0.2) is 40.3 Å². The van der Waals surface area contributed by atoms with Crippen LogP contribution in [0.5, 0.6) is 0 Å². The molecule has 0 amide bonds. The monoisotopic (exact) mass is 356 g/mol. The fraction of sp³-hybridized carbons (Fsp3) is 0.333.